The molecule has 1 aliphatic heterocycles. The largest absolute Gasteiger partial charge is 0.490 e. The number of rotatable bonds is 8. The van der Waals surface area contributed by atoms with Crippen LogP contribution in [0, 0.1) is 0 Å². The van der Waals surface area contributed by atoms with E-state index in [1.165, 1.54) is 27.4 Å². The van der Waals surface area contributed by atoms with E-state index in [2.05, 4.69) is 58.9 Å². The molecule has 1 aliphatic rings. The van der Waals surface area contributed by atoms with Gasteiger partial charge in [0, 0.05) is 66.6 Å². The van der Waals surface area contributed by atoms with Crippen LogP contribution in [0.2, 0.25) is 0 Å². The van der Waals surface area contributed by atoms with E-state index in [1.807, 2.05) is 36.9 Å². The summed E-state index contributed by atoms with van der Waals surface area (Å²) in [5.41, 5.74) is 4.54. The molecular formula is C30H35N3O3. The van der Waals surface area contributed by atoms with Crippen LogP contribution in [0.15, 0.2) is 60.7 Å². The average Bonchev–Trinajstić information content (AvgIpc) is 3.23. The van der Waals surface area contributed by atoms with E-state index in [1.54, 1.807) is 0 Å². The highest BCUT2D eigenvalue weighted by Gasteiger charge is 2.23. The maximum absolute atomic E-state index is 13.2. The molecule has 1 saturated heterocycles. The summed E-state index contributed by atoms with van der Waals surface area (Å²) in [5, 5.41) is 2.63. The number of piperazine rings is 1. The van der Waals surface area contributed by atoms with Gasteiger partial charge in [-0.15, -0.1) is 0 Å². The minimum atomic E-state index is 0.0486. The van der Waals surface area contributed by atoms with Crippen LogP contribution in [0.25, 0.3) is 21.8 Å². The van der Waals surface area contributed by atoms with Crippen molar-refractivity contribution in [3.05, 3.63) is 71.8 Å². The van der Waals surface area contributed by atoms with E-state index in [0.717, 1.165) is 26.2 Å². The second-order valence-corrected chi connectivity index (χ2v) is 9.21. The number of carbonyl (C=O) groups is 1. The predicted molar refractivity (Wildman–Crippen MR) is 145 cm³/mol. The Labute approximate surface area is 213 Å². The Morgan fingerprint density at radius 3 is 2.25 bits per heavy atom. The molecule has 1 aromatic heterocycles. The summed E-state index contributed by atoms with van der Waals surface area (Å²) < 4.78 is 13.7. The molecule has 0 atom stereocenters. The Morgan fingerprint density at radius 1 is 0.778 bits per heavy atom. The molecule has 188 valence electrons. The molecule has 0 bridgehead atoms. The van der Waals surface area contributed by atoms with Gasteiger partial charge in [0.05, 0.1) is 13.2 Å². The Bertz CT molecular complexity index is 1370. The molecule has 4 aromatic rings. The van der Waals surface area contributed by atoms with Gasteiger partial charge in [-0.05, 0) is 62.7 Å². The van der Waals surface area contributed by atoms with Crippen LogP contribution in [0.5, 0.6) is 11.5 Å². The van der Waals surface area contributed by atoms with Crippen molar-refractivity contribution in [3.63, 3.8) is 0 Å². The van der Waals surface area contributed by atoms with Gasteiger partial charge in [0.1, 0.15) is 0 Å². The van der Waals surface area contributed by atoms with Crippen LogP contribution >= 0.6 is 0 Å². The Morgan fingerprint density at radius 2 is 1.50 bits per heavy atom. The number of aromatic nitrogens is 1. The fraction of sp³-hybridized carbons (Fsp3) is 0.367. The molecule has 0 saturated carbocycles. The number of benzene rings is 3. The lowest BCUT2D eigenvalue weighted by atomic mass is 10.1. The van der Waals surface area contributed by atoms with Crippen molar-refractivity contribution in [1.29, 1.82) is 0 Å². The van der Waals surface area contributed by atoms with Crippen molar-refractivity contribution in [2.75, 3.05) is 39.4 Å². The van der Waals surface area contributed by atoms with Gasteiger partial charge in [-0.2, -0.15) is 0 Å². The van der Waals surface area contributed by atoms with E-state index in [4.69, 9.17) is 9.47 Å². The highest BCUT2D eigenvalue weighted by molar-refractivity contribution is 6.08. The number of hydrogen-bond acceptors (Lipinski definition) is 4. The fourth-order valence-corrected chi connectivity index (χ4v) is 5.27. The van der Waals surface area contributed by atoms with Crippen molar-refractivity contribution in [2.45, 2.75) is 33.9 Å². The number of carbonyl (C=O) groups excluding carboxylic acids is 1. The molecule has 0 unspecified atom stereocenters. The molecule has 36 heavy (non-hydrogen) atoms. The van der Waals surface area contributed by atoms with Crippen LogP contribution in [0.1, 0.15) is 36.7 Å². The quantitative estimate of drug-likeness (QED) is 0.327. The average molecular weight is 486 g/mol. The number of amides is 1. The third kappa shape index (κ3) is 4.65. The lowest BCUT2D eigenvalue weighted by Crippen LogP contribution is -2.48. The summed E-state index contributed by atoms with van der Waals surface area (Å²) in [6.07, 6.45) is 0. The highest BCUT2D eigenvalue weighted by Crippen LogP contribution is 2.31. The Balaban J connectivity index is 1.26. The normalized spacial score (nSPS) is 14.5. The standard InChI is InChI=1S/C30H35N3O3/c1-4-33-26-10-8-7-9-24(26)25-19-22(11-13-27(25)33)21-31-15-17-32(18-16-31)30(34)23-12-14-28(35-5-2)29(20-23)36-6-3/h7-14,19-20H,4-6,15-18,21H2,1-3H3. The van der Waals surface area contributed by atoms with Crippen LogP contribution in [0.3, 0.4) is 0 Å². The molecule has 2 heterocycles. The summed E-state index contributed by atoms with van der Waals surface area (Å²) in [5.74, 6) is 1.36. The lowest BCUT2D eigenvalue weighted by Gasteiger charge is -2.35. The van der Waals surface area contributed by atoms with Crippen molar-refractivity contribution >= 4 is 27.7 Å². The zero-order chi connectivity index (χ0) is 25.1. The molecule has 0 N–H and O–H groups in total. The van der Waals surface area contributed by atoms with E-state index >= 15 is 0 Å². The first kappa shape index (κ1) is 24.2. The van der Waals surface area contributed by atoms with E-state index in [-0.39, 0.29) is 5.91 Å². The van der Waals surface area contributed by atoms with Crippen LogP contribution in [-0.2, 0) is 13.1 Å². The highest BCUT2D eigenvalue weighted by atomic mass is 16.5. The van der Waals surface area contributed by atoms with Gasteiger partial charge in [0.2, 0.25) is 0 Å². The molecule has 6 nitrogen and oxygen atoms in total. The molecule has 6 heteroatoms. The molecule has 0 spiro atoms. The molecule has 5 rings (SSSR count). The number of nitrogens with zero attached hydrogens (tertiary/aromatic N) is 3. The number of ether oxygens (including phenoxy) is 2. The lowest BCUT2D eigenvalue weighted by molar-refractivity contribution is 0.0628. The smallest absolute Gasteiger partial charge is 0.254 e. The summed E-state index contributed by atoms with van der Waals surface area (Å²) in [6.45, 7) is 12.2. The third-order valence-corrected chi connectivity index (χ3v) is 7.01. The summed E-state index contributed by atoms with van der Waals surface area (Å²) in [7, 11) is 0. The molecule has 1 fully saturated rings. The second-order valence-electron chi connectivity index (χ2n) is 9.21. The third-order valence-electron chi connectivity index (χ3n) is 7.01. The first-order chi connectivity index (χ1) is 17.6. The van der Waals surface area contributed by atoms with Crippen molar-refractivity contribution in [1.82, 2.24) is 14.4 Å². The minimum absolute atomic E-state index is 0.0486. The maximum Gasteiger partial charge on any atom is 0.254 e. The van der Waals surface area contributed by atoms with E-state index < -0.39 is 0 Å². The zero-order valence-corrected chi connectivity index (χ0v) is 21.5. The number of hydrogen-bond donors (Lipinski definition) is 0. The van der Waals surface area contributed by atoms with Gasteiger partial charge in [0.15, 0.2) is 11.5 Å². The number of fused-ring (bicyclic) bond motifs is 3. The van der Waals surface area contributed by atoms with Gasteiger partial charge in [-0.25, -0.2) is 0 Å². The zero-order valence-electron chi connectivity index (χ0n) is 21.5. The van der Waals surface area contributed by atoms with Gasteiger partial charge in [0.25, 0.3) is 5.91 Å². The van der Waals surface area contributed by atoms with E-state index in [9.17, 15) is 4.79 Å². The first-order valence-electron chi connectivity index (χ1n) is 13.0. The Hall–Kier alpha value is -3.51. The van der Waals surface area contributed by atoms with Crippen LogP contribution in [0.4, 0.5) is 0 Å². The topological polar surface area (TPSA) is 46.9 Å². The van der Waals surface area contributed by atoms with Gasteiger partial charge >= 0.3 is 0 Å². The first-order valence-corrected chi connectivity index (χ1v) is 13.0. The Kier molecular flexibility index (Phi) is 7.14. The summed E-state index contributed by atoms with van der Waals surface area (Å²) >= 11 is 0. The monoisotopic (exact) mass is 485 g/mol. The van der Waals surface area contributed by atoms with E-state index in [0.29, 0.717) is 43.4 Å². The van der Waals surface area contributed by atoms with Crippen molar-refractivity contribution in [3.8, 4) is 11.5 Å². The molecule has 1 amide bonds. The molecule has 0 aliphatic carbocycles. The number of para-hydroxylation sites is 1. The maximum atomic E-state index is 13.2. The van der Waals surface area contributed by atoms with Crippen molar-refractivity contribution in [2.24, 2.45) is 0 Å². The SMILES string of the molecule is CCOc1ccc(C(=O)N2CCN(Cc3ccc4c(c3)c3ccccc3n4CC)CC2)cc1OCC. The molecular weight excluding hydrogens is 450 g/mol. The van der Waals surface area contributed by atoms with Crippen molar-refractivity contribution < 1.29 is 14.3 Å². The number of aryl methyl sites for hydroxylation is 1. The summed E-state index contributed by atoms with van der Waals surface area (Å²) in [6, 6.07) is 21.0. The second kappa shape index (κ2) is 10.6. The minimum Gasteiger partial charge on any atom is -0.490 e. The molecule has 3 aromatic carbocycles. The van der Waals surface area contributed by atoms with Gasteiger partial charge < -0.3 is 18.9 Å². The predicted octanol–water partition coefficient (Wildman–Crippen LogP) is 5.57. The van der Waals surface area contributed by atoms with Crippen LogP contribution < -0.4 is 9.47 Å². The van der Waals surface area contributed by atoms with Crippen LogP contribution in [-0.4, -0.2) is 59.7 Å². The van der Waals surface area contributed by atoms with Gasteiger partial charge in [-0.1, -0.05) is 24.3 Å². The molecule has 0 radical (unpaired) electrons. The fourth-order valence-electron chi connectivity index (χ4n) is 5.27. The summed E-state index contributed by atoms with van der Waals surface area (Å²) in [4.78, 5) is 17.6. The van der Waals surface area contributed by atoms with Gasteiger partial charge in [-0.3, -0.25) is 9.69 Å².